The molecular formula is C34H48N2. The Labute approximate surface area is 221 Å². The van der Waals surface area contributed by atoms with Crippen LogP contribution in [0.5, 0.6) is 0 Å². The zero-order chi connectivity index (χ0) is 25.8. The van der Waals surface area contributed by atoms with Gasteiger partial charge < -0.3 is 5.53 Å². The van der Waals surface area contributed by atoms with Gasteiger partial charge in [0.25, 0.3) is 0 Å². The molecule has 0 fully saturated rings. The Morgan fingerprint density at radius 2 is 1.06 bits per heavy atom. The first-order chi connectivity index (χ1) is 17.6. The Morgan fingerprint density at radius 1 is 0.528 bits per heavy atom. The van der Waals surface area contributed by atoms with Crippen molar-refractivity contribution < 1.29 is 4.70 Å². The van der Waals surface area contributed by atoms with E-state index in [1.807, 2.05) is 0 Å². The van der Waals surface area contributed by atoms with Gasteiger partial charge in [-0.25, -0.2) is 4.70 Å². The third-order valence-corrected chi connectivity index (χ3v) is 7.49. The molecule has 2 aromatic rings. The summed E-state index contributed by atoms with van der Waals surface area (Å²) >= 11 is 0. The molecule has 36 heavy (non-hydrogen) atoms. The molecule has 2 nitrogen and oxygen atoms in total. The predicted octanol–water partition coefficient (Wildman–Crippen LogP) is 10.7. The molecule has 2 heteroatoms. The lowest BCUT2D eigenvalue weighted by molar-refractivity contribution is -0.345. The summed E-state index contributed by atoms with van der Waals surface area (Å²) < 4.78 is 1.54. The second kappa shape index (κ2) is 14.9. The molecule has 0 radical (unpaired) electrons. The second-order valence-corrected chi connectivity index (χ2v) is 10.5. The van der Waals surface area contributed by atoms with Gasteiger partial charge >= 0.3 is 0 Å². The maximum absolute atomic E-state index is 11.8. The van der Waals surface area contributed by atoms with E-state index >= 15 is 0 Å². The van der Waals surface area contributed by atoms with Gasteiger partial charge in [0.1, 0.15) is 0 Å². The monoisotopic (exact) mass is 484 g/mol. The molecule has 0 aliphatic carbocycles. The summed E-state index contributed by atoms with van der Waals surface area (Å²) in [4.78, 5) is 0. The molecule has 2 aromatic carbocycles. The highest BCUT2D eigenvalue weighted by atomic mass is 15.2. The van der Waals surface area contributed by atoms with Gasteiger partial charge in [-0.05, 0) is 86.8 Å². The van der Waals surface area contributed by atoms with Crippen molar-refractivity contribution in [1.82, 2.24) is 0 Å². The normalized spacial score (nSPS) is 13.8. The van der Waals surface area contributed by atoms with Gasteiger partial charge in [-0.15, -0.1) is 0 Å². The van der Waals surface area contributed by atoms with E-state index in [1.165, 1.54) is 67.2 Å². The van der Waals surface area contributed by atoms with Crippen LogP contribution >= 0.6 is 0 Å². The minimum absolute atomic E-state index is 1.00. The molecule has 0 N–H and O–H groups in total. The van der Waals surface area contributed by atoms with Crippen molar-refractivity contribution in [3.8, 4) is 0 Å². The third kappa shape index (κ3) is 7.28. The van der Waals surface area contributed by atoms with Gasteiger partial charge in [-0.1, -0.05) is 90.5 Å². The van der Waals surface area contributed by atoms with Crippen LogP contribution < -0.4 is 0 Å². The Kier molecular flexibility index (Phi) is 11.7. The summed E-state index contributed by atoms with van der Waals surface area (Å²) in [7, 11) is 0. The van der Waals surface area contributed by atoms with Crippen molar-refractivity contribution in [3.63, 3.8) is 0 Å². The molecule has 0 unspecified atom stereocenters. The van der Waals surface area contributed by atoms with E-state index in [9.17, 15) is 5.53 Å². The van der Waals surface area contributed by atoms with E-state index in [-0.39, 0.29) is 0 Å². The third-order valence-electron chi connectivity index (χ3n) is 7.49. The van der Waals surface area contributed by atoms with Gasteiger partial charge in [-0.3, -0.25) is 0 Å². The van der Waals surface area contributed by atoms with Crippen LogP contribution in [0.2, 0.25) is 0 Å². The second-order valence-electron chi connectivity index (χ2n) is 10.5. The zero-order valence-corrected chi connectivity index (χ0v) is 23.4. The highest BCUT2D eigenvalue weighted by Gasteiger charge is 2.35. The van der Waals surface area contributed by atoms with E-state index in [2.05, 4.69) is 76.2 Å². The summed E-state index contributed by atoms with van der Waals surface area (Å²) in [5.41, 5.74) is 21.6. The molecule has 194 valence electrons. The lowest BCUT2D eigenvalue weighted by Gasteiger charge is -2.11. The first-order valence-corrected chi connectivity index (χ1v) is 14.8. The number of rotatable bonds is 16. The quantitative estimate of drug-likeness (QED) is 0.167. The van der Waals surface area contributed by atoms with Gasteiger partial charge in [-0.2, -0.15) is 0 Å². The number of aryl methyl sites for hydroxylation is 2. The van der Waals surface area contributed by atoms with Gasteiger partial charge in [0.05, 0.1) is 0 Å². The molecule has 0 saturated carbocycles. The van der Waals surface area contributed by atoms with E-state index < -0.39 is 0 Å². The van der Waals surface area contributed by atoms with Gasteiger partial charge in [0.15, 0.2) is 0 Å². The lowest BCUT2D eigenvalue weighted by atomic mass is 9.91. The van der Waals surface area contributed by atoms with Crippen LogP contribution in [0.25, 0.3) is 16.9 Å². The summed E-state index contributed by atoms with van der Waals surface area (Å²) in [5, 5.41) is 0. The highest BCUT2D eigenvalue weighted by molar-refractivity contribution is 5.82. The number of hydrogen-bond acceptors (Lipinski definition) is 0. The van der Waals surface area contributed by atoms with Crippen LogP contribution in [0.3, 0.4) is 0 Å². The number of hydrogen-bond donors (Lipinski definition) is 0. The first-order valence-electron chi connectivity index (χ1n) is 14.8. The van der Waals surface area contributed by atoms with Crippen molar-refractivity contribution >= 4 is 11.4 Å². The largest absolute Gasteiger partial charge is 0.493 e. The van der Waals surface area contributed by atoms with Crippen molar-refractivity contribution in [3.05, 3.63) is 87.5 Å². The predicted molar refractivity (Wildman–Crippen MR) is 156 cm³/mol. The van der Waals surface area contributed by atoms with Crippen LogP contribution in [0.4, 0.5) is 0 Å². The SMILES string of the molecule is CCCCCC1=C(c2cccc(CCCCC)c2)[N+](=[N-])C(c2ccc(CCCC)cc2)=C1CCCC. The van der Waals surface area contributed by atoms with Crippen LogP contribution in [-0.4, -0.2) is 4.70 Å². The molecule has 0 saturated heterocycles. The van der Waals surface area contributed by atoms with Crippen molar-refractivity contribution in [2.75, 3.05) is 0 Å². The van der Waals surface area contributed by atoms with E-state index in [1.54, 1.807) is 4.70 Å². The average molecular weight is 485 g/mol. The van der Waals surface area contributed by atoms with Crippen LogP contribution in [-0.2, 0) is 12.8 Å². The van der Waals surface area contributed by atoms with E-state index in [0.29, 0.717) is 0 Å². The molecule has 0 bridgehead atoms. The molecule has 1 aliphatic rings. The van der Waals surface area contributed by atoms with Gasteiger partial charge in [0, 0.05) is 22.3 Å². The minimum Gasteiger partial charge on any atom is -0.493 e. The molecule has 0 spiro atoms. The number of nitrogens with zero attached hydrogens (tertiary/aromatic N) is 2. The Bertz CT molecular complexity index is 1040. The number of benzene rings is 2. The van der Waals surface area contributed by atoms with Gasteiger partial charge in [0.2, 0.25) is 11.4 Å². The fourth-order valence-corrected chi connectivity index (χ4v) is 5.35. The zero-order valence-electron chi connectivity index (χ0n) is 23.4. The Hall–Kier alpha value is -2.48. The summed E-state index contributed by atoms with van der Waals surface area (Å²) in [6, 6.07) is 17.9. The molecule has 3 rings (SSSR count). The van der Waals surface area contributed by atoms with Crippen LogP contribution in [0, 0.1) is 0 Å². The minimum atomic E-state index is 1.00. The maximum atomic E-state index is 11.8. The average Bonchev–Trinajstić information content (AvgIpc) is 3.17. The molecule has 1 aliphatic heterocycles. The molecule has 0 atom stereocenters. The molecule has 0 amide bonds. The van der Waals surface area contributed by atoms with Crippen molar-refractivity contribution in [1.29, 1.82) is 0 Å². The summed E-state index contributed by atoms with van der Waals surface area (Å²) in [6.07, 6.45) is 16.3. The first kappa shape index (κ1) is 28.1. The molecule has 0 aromatic heterocycles. The smallest absolute Gasteiger partial charge is 0.211 e. The van der Waals surface area contributed by atoms with E-state index in [4.69, 9.17) is 0 Å². The number of allylic oxidation sites excluding steroid dienone is 2. The fraction of sp³-hybridized carbons (Fsp3) is 0.529. The van der Waals surface area contributed by atoms with Crippen molar-refractivity contribution in [2.24, 2.45) is 0 Å². The highest BCUT2D eigenvalue weighted by Crippen LogP contribution is 2.44. The Balaban J connectivity index is 2.03. The standard InChI is InChI=1S/C34H48N2/c1-5-9-13-17-28-18-15-19-30(26-28)34-32(21-14-10-6-2)31(20-12-8-4)33(36(34)35)29-24-22-27(23-25-29)16-11-7-3/h15,18-19,22-26H,5-14,16-17,20-21H2,1-4H3. The summed E-state index contributed by atoms with van der Waals surface area (Å²) in [5.74, 6) is 0. The van der Waals surface area contributed by atoms with Crippen molar-refractivity contribution in [2.45, 2.75) is 118 Å². The molecule has 1 heterocycles. The fourth-order valence-electron chi connectivity index (χ4n) is 5.35. The van der Waals surface area contributed by atoms with Crippen LogP contribution in [0.15, 0.2) is 59.7 Å². The number of unbranched alkanes of at least 4 members (excludes halogenated alkanes) is 6. The maximum Gasteiger partial charge on any atom is 0.211 e. The lowest BCUT2D eigenvalue weighted by Crippen LogP contribution is -2.03. The van der Waals surface area contributed by atoms with E-state index in [0.717, 1.165) is 67.5 Å². The molecular weight excluding hydrogens is 436 g/mol. The summed E-state index contributed by atoms with van der Waals surface area (Å²) in [6.45, 7) is 9.03. The van der Waals surface area contributed by atoms with Crippen LogP contribution in [0.1, 0.15) is 127 Å². The Morgan fingerprint density at radius 3 is 1.69 bits per heavy atom. The topological polar surface area (TPSA) is 25.3 Å².